The summed E-state index contributed by atoms with van der Waals surface area (Å²) in [6.07, 6.45) is 1.28. The molecule has 1 heterocycles. The van der Waals surface area contributed by atoms with Gasteiger partial charge in [-0.2, -0.15) is 0 Å². The smallest absolute Gasteiger partial charge is 0.341 e. The molecular formula is C8H8FNO3. The van der Waals surface area contributed by atoms with E-state index in [9.17, 15) is 9.18 Å². The summed E-state index contributed by atoms with van der Waals surface area (Å²) in [5, 5.41) is 8.26. The molecule has 4 nitrogen and oxygen atoms in total. The van der Waals surface area contributed by atoms with E-state index in [0.29, 0.717) is 0 Å². The molecule has 0 aliphatic heterocycles. The Labute approximate surface area is 74.0 Å². The van der Waals surface area contributed by atoms with Crippen LogP contribution in [-0.4, -0.2) is 22.7 Å². The van der Waals surface area contributed by atoms with Gasteiger partial charge in [-0.3, -0.25) is 4.98 Å². The van der Waals surface area contributed by atoms with E-state index in [1.807, 2.05) is 0 Å². The van der Waals surface area contributed by atoms with Crippen LogP contribution in [0.2, 0.25) is 0 Å². The zero-order valence-electron chi connectivity index (χ0n) is 6.95. The van der Waals surface area contributed by atoms with Gasteiger partial charge in [-0.15, -0.1) is 0 Å². The average molecular weight is 185 g/mol. The lowest BCUT2D eigenvalue weighted by Crippen LogP contribution is -2.09. The van der Waals surface area contributed by atoms with E-state index in [4.69, 9.17) is 9.84 Å². The highest BCUT2D eigenvalue weighted by atomic mass is 19.1. The molecule has 0 radical (unpaired) electrons. The fourth-order valence-electron chi connectivity index (χ4n) is 0.713. The Morgan fingerprint density at radius 2 is 2.46 bits per heavy atom. The van der Waals surface area contributed by atoms with Crippen LogP contribution in [0.25, 0.3) is 0 Å². The van der Waals surface area contributed by atoms with Crippen LogP contribution in [0.5, 0.6) is 5.75 Å². The number of halogens is 1. The number of nitrogens with zero attached hydrogens (tertiary/aromatic N) is 1. The molecule has 0 bridgehead atoms. The van der Waals surface area contributed by atoms with Gasteiger partial charge in [-0.25, -0.2) is 9.18 Å². The summed E-state index contributed by atoms with van der Waals surface area (Å²) >= 11 is 0. The molecular weight excluding hydrogens is 177 g/mol. The minimum atomic E-state index is -1.11. The lowest BCUT2D eigenvalue weighted by molar-refractivity contribution is -0.139. The molecule has 70 valence electrons. The quantitative estimate of drug-likeness (QED) is 0.762. The number of hydrogen-bond acceptors (Lipinski definition) is 3. The Morgan fingerprint density at radius 1 is 1.77 bits per heavy atom. The molecule has 0 aliphatic carbocycles. The fraction of sp³-hybridized carbons (Fsp3) is 0.250. The van der Waals surface area contributed by atoms with E-state index in [0.717, 1.165) is 6.07 Å². The summed E-state index contributed by atoms with van der Waals surface area (Å²) < 4.78 is 17.5. The predicted molar refractivity (Wildman–Crippen MR) is 42.1 cm³/mol. The first-order chi connectivity index (χ1) is 6.09. The van der Waals surface area contributed by atoms with Crippen LogP contribution >= 0.6 is 0 Å². The van der Waals surface area contributed by atoms with E-state index in [1.54, 1.807) is 0 Å². The van der Waals surface area contributed by atoms with Crippen LogP contribution < -0.4 is 4.74 Å². The number of aromatic nitrogens is 1. The minimum absolute atomic E-state index is 0.116. The van der Waals surface area contributed by atoms with Gasteiger partial charge in [0.25, 0.3) is 0 Å². The average Bonchev–Trinajstić information content (AvgIpc) is 2.07. The van der Waals surface area contributed by atoms with Gasteiger partial charge in [-0.05, 0) is 6.92 Å². The highest BCUT2D eigenvalue weighted by Crippen LogP contribution is 2.12. The van der Waals surface area contributed by atoms with Crippen LogP contribution in [0.3, 0.4) is 0 Å². The maximum Gasteiger partial charge on any atom is 0.341 e. The molecule has 0 saturated carbocycles. The Balaban J connectivity index is 2.68. The SMILES string of the molecule is Cc1ncc(OCC(=O)O)cc1F. The van der Waals surface area contributed by atoms with Gasteiger partial charge in [0, 0.05) is 6.07 Å². The first-order valence-electron chi connectivity index (χ1n) is 3.56. The minimum Gasteiger partial charge on any atom is -0.480 e. The third-order valence-electron chi connectivity index (χ3n) is 1.36. The molecule has 5 heteroatoms. The summed E-state index contributed by atoms with van der Waals surface area (Å²) in [4.78, 5) is 13.7. The number of pyridine rings is 1. The van der Waals surface area contributed by atoms with Crippen molar-refractivity contribution in [3.63, 3.8) is 0 Å². The predicted octanol–water partition coefficient (Wildman–Crippen LogP) is 0.993. The summed E-state index contributed by atoms with van der Waals surface area (Å²) in [6.45, 7) is 1.01. The Hall–Kier alpha value is -1.65. The highest BCUT2D eigenvalue weighted by molar-refractivity contribution is 5.68. The number of carboxylic acids is 1. The van der Waals surface area contributed by atoms with Gasteiger partial charge in [0.05, 0.1) is 11.9 Å². The molecule has 13 heavy (non-hydrogen) atoms. The molecule has 1 aromatic rings. The van der Waals surface area contributed by atoms with Crippen molar-refractivity contribution in [3.8, 4) is 5.75 Å². The normalized spacial score (nSPS) is 9.69. The molecule has 1 N–H and O–H groups in total. The lowest BCUT2D eigenvalue weighted by Gasteiger charge is -2.02. The van der Waals surface area contributed by atoms with E-state index in [1.165, 1.54) is 13.1 Å². The van der Waals surface area contributed by atoms with Crippen molar-refractivity contribution >= 4 is 5.97 Å². The van der Waals surface area contributed by atoms with Crippen LogP contribution in [0.1, 0.15) is 5.69 Å². The second kappa shape index (κ2) is 3.84. The van der Waals surface area contributed by atoms with Gasteiger partial charge in [-0.1, -0.05) is 0 Å². The number of rotatable bonds is 3. The monoisotopic (exact) mass is 185 g/mol. The van der Waals surface area contributed by atoms with Crippen molar-refractivity contribution in [1.29, 1.82) is 0 Å². The third kappa shape index (κ3) is 2.70. The number of aliphatic carboxylic acids is 1. The topological polar surface area (TPSA) is 59.4 Å². The van der Waals surface area contributed by atoms with E-state index in [2.05, 4.69) is 4.98 Å². The maximum atomic E-state index is 12.8. The maximum absolute atomic E-state index is 12.8. The Kier molecular flexibility index (Phi) is 2.79. The van der Waals surface area contributed by atoms with Crippen molar-refractivity contribution in [2.24, 2.45) is 0 Å². The Bertz CT molecular complexity index is 327. The molecule has 0 spiro atoms. The summed E-state index contributed by atoms with van der Waals surface area (Å²) in [5.41, 5.74) is 0.252. The number of carbonyl (C=O) groups is 1. The summed E-state index contributed by atoms with van der Waals surface area (Å²) in [5.74, 6) is -1.51. The second-order valence-electron chi connectivity index (χ2n) is 2.42. The number of ether oxygens (including phenoxy) is 1. The third-order valence-corrected chi connectivity index (χ3v) is 1.36. The van der Waals surface area contributed by atoms with Gasteiger partial charge in [0.1, 0.15) is 11.6 Å². The van der Waals surface area contributed by atoms with Crippen molar-refractivity contribution in [3.05, 3.63) is 23.8 Å². The number of carboxylic acid groups (broad SMARTS) is 1. The van der Waals surface area contributed by atoms with Crippen LogP contribution in [0.4, 0.5) is 4.39 Å². The number of aryl methyl sites for hydroxylation is 1. The van der Waals surface area contributed by atoms with Crippen molar-refractivity contribution in [1.82, 2.24) is 4.98 Å². The Morgan fingerprint density at radius 3 is 3.00 bits per heavy atom. The standard InChI is InChI=1S/C8H8FNO3/c1-5-7(9)2-6(3-10-5)13-4-8(11)12/h2-3H,4H2,1H3,(H,11,12). The van der Waals surface area contributed by atoms with Crippen molar-refractivity contribution in [2.75, 3.05) is 6.61 Å². The fourth-order valence-corrected chi connectivity index (χ4v) is 0.713. The first kappa shape index (κ1) is 9.44. The molecule has 0 saturated heterocycles. The number of hydrogen-bond donors (Lipinski definition) is 1. The summed E-state index contributed by atoms with van der Waals surface area (Å²) in [6, 6.07) is 1.10. The van der Waals surface area contributed by atoms with Gasteiger partial charge in [0.2, 0.25) is 0 Å². The molecule has 0 unspecified atom stereocenters. The highest BCUT2D eigenvalue weighted by Gasteiger charge is 2.03. The van der Waals surface area contributed by atoms with E-state index >= 15 is 0 Å². The van der Waals surface area contributed by atoms with Crippen molar-refractivity contribution in [2.45, 2.75) is 6.92 Å². The lowest BCUT2D eigenvalue weighted by atomic mass is 10.3. The molecule has 0 amide bonds. The molecule has 0 fully saturated rings. The van der Waals surface area contributed by atoms with Gasteiger partial charge in [0.15, 0.2) is 6.61 Å². The van der Waals surface area contributed by atoms with Gasteiger partial charge >= 0.3 is 5.97 Å². The van der Waals surface area contributed by atoms with Gasteiger partial charge < -0.3 is 9.84 Å². The zero-order valence-corrected chi connectivity index (χ0v) is 6.95. The summed E-state index contributed by atoms with van der Waals surface area (Å²) in [7, 11) is 0. The largest absolute Gasteiger partial charge is 0.480 e. The molecule has 1 rings (SSSR count). The van der Waals surface area contributed by atoms with Crippen LogP contribution in [0.15, 0.2) is 12.3 Å². The van der Waals surface area contributed by atoms with E-state index in [-0.39, 0.29) is 11.4 Å². The second-order valence-corrected chi connectivity index (χ2v) is 2.42. The molecule has 0 aromatic carbocycles. The van der Waals surface area contributed by atoms with E-state index < -0.39 is 18.4 Å². The van der Waals surface area contributed by atoms with Crippen molar-refractivity contribution < 1.29 is 19.0 Å². The molecule has 0 aliphatic rings. The first-order valence-corrected chi connectivity index (χ1v) is 3.56. The van der Waals surface area contributed by atoms with Crippen LogP contribution in [0, 0.1) is 12.7 Å². The molecule has 1 aromatic heterocycles. The van der Waals surface area contributed by atoms with Crippen LogP contribution in [-0.2, 0) is 4.79 Å². The molecule has 0 atom stereocenters. The zero-order chi connectivity index (χ0) is 9.84.